The van der Waals surface area contributed by atoms with E-state index in [4.69, 9.17) is 5.11 Å². The Morgan fingerprint density at radius 2 is 2.42 bits per heavy atom. The summed E-state index contributed by atoms with van der Waals surface area (Å²) in [6.45, 7) is 0. The number of carboxylic acids is 1. The Hall–Kier alpha value is -1.84. The second kappa shape index (κ2) is 2.34. The van der Waals surface area contributed by atoms with Crippen LogP contribution in [0, 0.1) is 6.33 Å². The molecule has 0 amide bonds. The van der Waals surface area contributed by atoms with Gasteiger partial charge in [-0.15, -0.1) is 0 Å². The van der Waals surface area contributed by atoms with Crippen LogP contribution in [0.5, 0.6) is 0 Å². The van der Waals surface area contributed by atoms with Crippen LogP contribution >= 0.6 is 0 Å². The number of benzene rings is 1. The SMILES string of the molecule is O=C(O)c1cccc2[nH][c]nc12. The maximum absolute atomic E-state index is 10.6. The van der Waals surface area contributed by atoms with E-state index >= 15 is 0 Å². The number of carbonyl (C=O) groups is 1. The molecule has 0 fully saturated rings. The van der Waals surface area contributed by atoms with Crippen molar-refractivity contribution in [1.29, 1.82) is 0 Å². The van der Waals surface area contributed by atoms with Crippen LogP contribution < -0.4 is 0 Å². The second-order valence-corrected chi connectivity index (χ2v) is 2.36. The van der Waals surface area contributed by atoms with E-state index in [9.17, 15) is 4.79 Å². The average Bonchev–Trinajstić information content (AvgIpc) is 2.49. The van der Waals surface area contributed by atoms with Crippen molar-refractivity contribution in [3.05, 3.63) is 30.1 Å². The van der Waals surface area contributed by atoms with Crippen molar-refractivity contribution < 1.29 is 9.90 Å². The van der Waals surface area contributed by atoms with E-state index in [0.717, 1.165) is 0 Å². The van der Waals surface area contributed by atoms with Gasteiger partial charge in [-0.05, 0) is 12.1 Å². The largest absolute Gasteiger partial charge is 0.478 e. The third-order valence-corrected chi connectivity index (χ3v) is 1.62. The number of aromatic amines is 1. The Balaban J connectivity index is 2.82. The molecule has 0 saturated heterocycles. The van der Waals surface area contributed by atoms with Crippen LogP contribution in [0.25, 0.3) is 11.0 Å². The standard InChI is InChI=1S/C8H5N2O2/c11-8(12)5-2-1-3-6-7(5)10-4-9-6/h1-3H,(H,9,10)(H,11,12). The minimum Gasteiger partial charge on any atom is -0.478 e. The number of imidazole rings is 1. The zero-order chi connectivity index (χ0) is 8.55. The summed E-state index contributed by atoms with van der Waals surface area (Å²) in [5.74, 6) is -0.971. The summed E-state index contributed by atoms with van der Waals surface area (Å²) in [5, 5.41) is 8.73. The van der Waals surface area contributed by atoms with Crippen molar-refractivity contribution in [2.75, 3.05) is 0 Å². The van der Waals surface area contributed by atoms with E-state index in [1.807, 2.05) is 0 Å². The lowest BCUT2D eigenvalue weighted by Gasteiger charge is -1.93. The van der Waals surface area contributed by atoms with E-state index < -0.39 is 5.97 Å². The van der Waals surface area contributed by atoms with Crippen molar-refractivity contribution in [1.82, 2.24) is 9.97 Å². The topological polar surface area (TPSA) is 66.0 Å². The van der Waals surface area contributed by atoms with Gasteiger partial charge in [-0.3, -0.25) is 0 Å². The molecule has 1 aromatic heterocycles. The lowest BCUT2D eigenvalue weighted by atomic mass is 10.2. The van der Waals surface area contributed by atoms with E-state index in [0.29, 0.717) is 11.0 Å². The van der Waals surface area contributed by atoms with E-state index in [1.165, 1.54) is 6.07 Å². The summed E-state index contributed by atoms with van der Waals surface area (Å²) < 4.78 is 0. The number of para-hydroxylation sites is 1. The van der Waals surface area contributed by atoms with Gasteiger partial charge < -0.3 is 10.1 Å². The van der Waals surface area contributed by atoms with Gasteiger partial charge in [-0.2, -0.15) is 0 Å². The fourth-order valence-electron chi connectivity index (χ4n) is 1.08. The van der Waals surface area contributed by atoms with Gasteiger partial charge in [-0.1, -0.05) is 6.07 Å². The number of aromatic nitrogens is 2. The summed E-state index contributed by atoms with van der Waals surface area (Å²) in [5.41, 5.74) is 1.34. The van der Waals surface area contributed by atoms with Crippen molar-refractivity contribution in [2.45, 2.75) is 0 Å². The molecular formula is C8H5N2O2. The molecule has 2 rings (SSSR count). The normalized spacial score (nSPS) is 10.3. The number of aromatic carboxylic acids is 1. The van der Waals surface area contributed by atoms with Crippen molar-refractivity contribution in [3.63, 3.8) is 0 Å². The van der Waals surface area contributed by atoms with Gasteiger partial charge in [0.2, 0.25) is 0 Å². The Morgan fingerprint density at radius 1 is 1.58 bits per heavy atom. The molecule has 1 radical (unpaired) electrons. The van der Waals surface area contributed by atoms with Crippen LogP contribution in [0.15, 0.2) is 18.2 Å². The molecule has 0 aliphatic carbocycles. The summed E-state index contributed by atoms with van der Waals surface area (Å²) in [6.07, 6.45) is 2.49. The summed E-state index contributed by atoms with van der Waals surface area (Å²) in [4.78, 5) is 17.1. The number of rotatable bonds is 1. The van der Waals surface area contributed by atoms with E-state index in [1.54, 1.807) is 12.1 Å². The molecule has 0 aliphatic rings. The third kappa shape index (κ3) is 0.852. The molecule has 0 unspecified atom stereocenters. The maximum atomic E-state index is 10.6. The van der Waals surface area contributed by atoms with E-state index in [-0.39, 0.29) is 5.56 Å². The summed E-state index contributed by atoms with van der Waals surface area (Å²) in [6, 6.07) is 4.93. The predicted molar refractivity (Wildman–Crippen MR) is 41.9 cm³/mol. The van der Waals surface area contributed by atoms with Crippen LogP contribution in [0.3, 0.4) is 0 Å². The first kappa shape index (κ1) is 6.84. The maximum Gasteiger partial charge on any atom is 0.337 e. The third-order valence-electron chi connectivity index (χ3n) is 1.62. The lowest BCUT2D eigenvalue weighted by molar-refractivity contribution is 0.0699. The molecule has 0 spiro atoms. The van der Waals surface area contributed by atoms with Gasteiger partial charge in [-0.25, -0.2) is 9.78 Å². The average molecular weight is 161 g/mol. The zero-order valence-corrected chi connectivity index (χ0v) is 6.03. The van der Waals surface area contributed by atoms with Crippen LogP contribution in [-0.4, -0.2) is 21.0 Å². The van der Waals surface area contributed by atoms with E-state index in [2.05, 4.69) is 16.3 Å². The second-order valence-electron chi connectivity index (χ2n) is 2.36. The first-order valence-electron chi connectivity index (χ1n) is 3.37. The molecule has 1 aromatic carbocycles. The molecule has 0 saturated carbocycles. The lowest BCUT2D eigenvalue weighted by Crippen LogP contribution is -1.96. The molecule has 2 aromatic rings. The van der Waals surface area contributed by atoms with Gasteiger partial charge in [0.1, 0.15) is 5.52 Å². The molecule has 4 heteroatoms. The summed E-state index contributed by atoms with van der Waals surface area (Å²) >= 11 is 0. The number of H-pyrrole nitrogens is 1. The van der Waals surface area contributed by atoms with Crippen molar-refractivity contribution >= 4 is 17.0 Å². The Labute approximate surface area is 67.9 Å². The number of fused-ring (bicyclic) bond motifs is 1. The van der Waals surface area contributed by atoms with Crippen LogP contribution in [-0.2, 0) is 0 Å². The first-order chi connectivity index (χ1) is 5.79. The molecule has 0 bridgehead atoms. The monoisotopic (exact) mass is 161 g/mol. The van der Waals surface area contributed by atoms with Gasteiger partial charge in [0.05, 0.1) is 11.1 Å². The van der Waals surface area contributed by atoms with Crippen molar-refractivity contribution in [3.8, 4) is 0 Å². The van der Waals surface area contributed by atoms with Gasteiger partial charge >= 0.3 is 5.97 Å². The highest BCUT2D eigenvalue weighted by molar-refractivity contribution is 6.00. The highest BCUT2D eigenvalue weighted by atomic mass is 16.4. The number of nitrogens with one attached hydrogen (secondary N) is 1. The molecule has 0 atom stereocenters. The van der Waals surface area contributed by atoms with Gasteiger partial charge in [0, 0.05) is 0 Å². The fourth-order valence-corrected chi connectivity index (χ4v) is 1.08. The zero-order valence-electron chi connectivity index (χ0n) is 6.03. The van der Waals surface area contributed by atoms with Gasteiger partial charge in [0.15, 0.2) is 6.33 Å². The predicted octanol–water partition coefficient (Wildman–Crippen LogP) is 1.06. The minimum atomic E-state index is -0.971. The smallest absolute Gasteiger partial charge is 0.337 e. The molecule has 12 heavy (non-hydrogen) atoms. The Morgan fingerprint density at radius 3 is 3.17 bits per heavy atom. The first-order valence-corrected chi connectivity index (χ1v) is 3.37. The number of nitrogens with zero attached hydrogens (tertiary/aromatic N) is 1. The Bertz CT molecular complexity index is 433. The Kier molecular flexibility index (Phi) is 1.33. The highest BCUT2D eigenvalue weighted by Gasteiger charge is 2.08. The van der Waals surface area contributed by atoms with Crippen molar-refractivity contribution in [2.24, 2.45) is 0 Å². The number of carboxylic acid groups (broad SMARTS) is 1. The minimum absolute atomic E-state index is 0.199. The molecule has 4 nitrogen and oxygen atoms in total. The molecule has 2 N–H and O–H groups in total. The quantitative estimate of drug-likeness (QED) is 0.657. The number of hydrogen-bond donors (Lipinski definition) is 2. The van der Waals surface area contributed by atoms with Gasteiger partial charge in [0.25, 0.3) is 0 Å². The number of hydrogen-bond acceptors (Lipinski definition) is 2. The molecule has 0 aliphatic heterocycles. The summed E-state index contributed by atoms with van der Waals surface area (Å²) in [7, 11) is 0. The van der Waals surface area contributed by atoms with Crippen LogP contribution in [0.2, 0.25) is 0 Å². The highest BCUT2D eigenvalue weighted by Crippen LogP contribution is 2.13. The molecule has 59 valence electrons. The molecular weight excluding hydrogens is 156 g/mol. The fraction of sp³-hybridized carbons (Fsp3) is 0. The van der Waals surface area contributed by atoms with Crippen LogP contribution in [0.4, 0.5) is 0 Å². The molecule has 1 heterocycles. The van der Waals surface area contributed by atoms with Crippen LogP contribution in [0.1, 0.15) is 10.4 Å².